The predicted octanol–water partition coefficient (Wildman–Crippen LogP) is 2.15. The van der Waals surface area contributed by atoms with Crippen LogP contribution in [-0.2, 0) is 9.59 Å². The van der Waals surface area contributed by atoms with Gasteiger partial charge in [-0.3, -0.25) is 4.98 Å². The average molecular weight is 421 g/mol. The van der Waals surface area contributed by atoms with E-state index in [4.69, 9.17) is 25.7 Å². The Bertz CT molecular complexity index is 1130. The van der Waals surface area contributed by atoms with Crippen LogP contribution in [0, 0.1) is 11.3 Å². The van der Waals surface area contributed by atoms with Gasteiger partial charge < -0.3 is 25.4 Å². The number of carboxylic acid groups (broad SMARTS) is 2. The molecule has 5 N–H and O–H groups in total. The van der Waals surface area contributed by atoms with Crippen molar-refractivity contribution < 1.29 is 30.0 Å². The van der Waals surface area contributed by atoms with E-state index in [1.165, 1.54) is 5.39 Å². The van der Waals surface area contributed by atoms with Gasteiger partial charge in [0.1, 0.15) is 6.07 Å². The number of fused-ring (bicyclic) bond motifs is 2. The Morgan fingerprint density at radius 2 is 1.48 bits per heavy atom. The number of hydrogen-bond acceptors (Lipinski definition) is 6. The van der Waals surface area contributed by atoms with Crippen molar-refractivity contribution in [2.24, 2.45) is 0 Å². The molecule has 0 fully saturated rings. The van der Waals surface area contributed by atoms with E-state index in [0.29, 0.717) is 5.56 Å². The number of hydrogen-bond donors (Lipinski definition) is 5. The molecule has 2 aromatic heterocycles. The maximum atomic E-state index is 9.77. The molecule has 0 saturated heterocycles. The number of aliphatic hydroxyl groups excluding tert-OH is 2. The largest absolute Gasteiger partial charge is 0.479 e. The summed E-state index contributed by atoms with van der Waals surface area (Å²) in [5, 5.41) is 43.5. The van der Waals surface area contributed by atoms with Crippen molar-refractivity contribution in [3.8, 4) is 6.07 Å². The molecule has 0 saturated carbocycles. The lowest BCUT2D eigenvalue weighted by Crippen LogP contribution is -2.39. The van der Waals surface area contributed by atoms with Crippen LogP contribution in [0.25, 0.3) is 21.8 Å². The minimum atomic E-state index is -2.27. The smallest absolute Gasteiger partial charge is 0.335 e. The van der Waals surface area contributed by atoms with Gasteiger partial charge in [-0.2, -0.15) is 5.26 Å². The molecule has 4 aromatic rings. The normalized spacial score (nSPS) is 11.8. The van der Waals surface area contributed by atoms with Crippen LogP contribution in [0.4, 0.5) is 0 Å². The monoisotopic (exact) mass is 421 g/mol. The van der Waals surface area contributed by atoms with Gasteiger partial charge in [0.05, 0.1) is 16.6 Å². The number of benzene rings is 2. The first-order valence-corrected chi connectivity index (χ1v) is 8.93. The number of aromatic amines is 1. The van der Waals surface area contributed by atoms with Crippen LogP contribution in [0.1, 0.15) is 5.56 Å². The van der Waals surface area contributed by atoms with Crippen LogP contribution in [0.15, 0.2) is 73.1 Å². The van der Waals surface area contributed by atoms with E-state index in [1.54, 1.807) is 6.07 Å². The summed E-state index contributed by atoms with van der Waals surface area (Å²) in [5.74, 6) is -3.54. The molecule has 31 heavy (non-hydrogen) atoms. The Labute approximate surface area is 176 Å². The number of carboxylic acids is 2. The highest BCUT2D eigenvalue weighted by molar-refractivity contribution is 5.84. The highest BCUT2D eigenvalue weighted by atomic mass is 16.4. The van der Waals surface area contributed by atoms with Crippen molar-refractivity contribution in [2.75, 3.05) is 0 Å². The van der Waals surface area contributed by atoms with Crippen molar-refractivity contribution in [2.45, 2.75) is 12.2 Å². The van der Waals surface area contributed by atoms with Gasteiger partial charge >= 0.3 is 11.9 Å². The second-order valence-electron chi connectivity index (χ2n) is 6.12. The van der Waals surface area contributed by atoms with Gasteiger partial charge in [0.15, 0.2) is 12.2 Å². The number of nitrogens with one attached hydrogen (secondary N) is 1. The molecule has 158 valence electrons. The number of H-pyrrole nitrogens is 1. The van der Waals surface area contributed by atoms with Crippen molar-refractivity contribution in [1.29, 1.82) is 5.26 Å². The first kappa shape index (κ1) is 23.0. The SMILES string of the molecule is N#Cc1cccc2cc[nH]c12.O=C(O)C(O)C(O)C(=O)O.c1ccc2ncccc2c1. The fourth-order valence-electron chi connectivity index (χ4n) is 2.46. The van der Waals surface area contributed by atoms with Crippen molar-refractivity contribution in [3.05, 3.63) is 78.6 Å². The topological polar surface area (TPSA) is 168 Å². The highest BCUT2D eigenvalue weighted by Crippen LogP contribution is 2.15. The van der Waals surface area contributed by atoms with E-state index in [1.807, 2.05) is 54.9 Å². The fourth-order valence-corrected chi connectivity index (χ4v) is 2.46. The third kappa shape index (κ3) is 6.37. The molecular weight excluding hydrogens is 402 g/mol. The van der Waals surface area contributed by atoms with E-state index in [-0.39, 0.29) is 0 Å². The van der Waals surface area contributed by atoms with E-state index < -0.39 is 24.1 Å². The van der Waals surface area contributed by atoms with Gasteiger partial charge in [0, 0.05) is 23.2 Å². The number of nitrogens with zero attached hydrogens (tertiary/aromatic N) is 2. The molecular formula is C22H19N3O6. The molecule has 2 aromatic carbocycles. The lowest BCUT2D eigenvalue weighted by Gasteiger charge is -2.07. The van der Waals surface area contributed by atoms with E-state index >= 15 is 0 Å². The zero-order valence-electron chi connectivity index (χ0n) is 16.1. The summed E-state index contributed by atoms with van der Waals surface area (Å²) in [6.45, 7) is 0. The summed E-state index contributed by atoms with van der Waals surface area (Å²) in [7, 11) is 0. The molecule has 0 bridgehead atoms. The highest BCUT2D eigenvalue weighted by Gasteiger charge is 2.29. The van der Waals surface area contributed by atoms with Gasteiger partial charge in [-0.15, -0.1) is 0 Å². The van der Waals surface area contributed by atoms with Crippen molar-refractivity contribution in [1.82, 2.24) is 9.97 Å². The summed E-state index contributed by atoms with van der Waals surface area (Å²) in [6, 6.07) is 21.8. The van der Waals surface area contributed by atoms with Crippen molar-refractivity contribution >= 4 is 33.7 Å². The first-order valence-electron chi connectivity index (χ1n) is 8.93. The molecule has 0 aliphatic rings. The van der Waals surface area contributed by atoms with Crippen LogP contribution in [0.2, 0.25) is 0 Å². The van der Waals surface area contributed by atoms with Gasteiger partial charge in [0.2, 0.25) is 0 Å². The summed E-state index contributed by atoms with van der Waals surface area (Å²) in [5.41, 5.74) is 2.69. The van der Waals surface area contributed by atoms with Gasteiger partial charge in [-0.25, -0.2) is 9.59 Å². The number of aliphatic hydroxyl groups is 2. The zero-order valence-corrected chi connectivity index (χ0v) is 16.1. The summed E-state index contributed by atoms with van der Waals surface area (Å²) >= 11 is 0. The summed E-state index contributed by atoms with van der Waals surface area (Å²) in [6.07, 6.45) is -0.886. The van der Waals surface area contributed by atoms with E-state index in [2.05, 4.69) is 28.2 Å². The van der Waals surface area contributed by atoms with Crippen molar-refractivity contribution in [3.63, 3.8) is 0 Å². The molecule has 9 heteroatoms. The third-order valence-corrected chi connectivity index (χ3v) is 4.03. The third-order valence-electron chi connectivity index (χ3n) is 4.03. The molecule has 0 amide bonds. The molecule has 0 aliphatic carbocycles. The lowest BCUT2D eigenvalue weighted by molar-refractivity contribution is -0.165. The van der Waals surface area contributed by atoms with Crippen LogP contribution < -0.4 is 0 Å². The lowest BCUT2D eigenvalue weighted by atomic mass is 10.2. The van der Waals surface area contributed by atoms with Gasteiger partial charge in [-0.05, 0) is 24.3 Å². The maximum absolute atomic E-state index is 9.77. The van der Waals surface area contributed by atoms with Gasteiger partial charge in [-0.1, -0.05) is 36.4 Å². The van der Waals surface area contributed by atoms with Crippen LogP contribution in [0.3, 0.4) is 0 Å². The fraction of sp³-hybridized carbons (Fsp3) is 0.0909. The van der Waals surface area contributed by atoms with Crippen LogP contribution in [-0.4, -0.2) is 54.5 Å². The molecule has 0 spiro atoms. The molecule has 9 nitrogen and oxygen atoms in total. The number of pyridine rings is 1. The quantitative estimate of drug-likeness (QED) is 0.335. The summed E-state index contributed by atoms with van der Waals surface area (Å²) in [4.78, 5) is 26.7. The standard InChI is InChI=1S/C9H6N2.C9H7N.C4H6O6/c10-6-8-3-1-2-7-4-5-11-9(7)8;1-2-6-9-8(4-1)5-3-7-10-9;5-1(3(7)8)2(6)4(9)10/h1-5,11H;1-7H;1-2,5-6H,(H,7,8)(H,9,10). The number of nitriles is 1. The number of aromatic nitrogens is 2. The second kappa shape index (κ2) is 11.1. The molecule has 0 radical (unpaired) electrons. The first-order chi connectivity index (χ1) is 14.8. The Balaban J connectivity index is 0.000000166. The number of aliphatic carboxylic acids is 2. The van der Waals surface area contributed by atoms with Crippen LogP contribution >= 0.6 is 0 Å². The Morgan fingerprint density at radius 1 is 0.871 bits per heavy atom. The molecule has 2 atom stereocenters. The van der Waals surface area contributed by atoms with Gasteiger partial charge in [0.25, 0.3) is 0 Å². The minimum Gasteiger partial charge on any atom is -0.479 e. The average Bonchev–Trinajstić information content (AvgIpc) is 3.28. The maximum Gasteiger partial charge on any atom is 0.335 e. The number of rotatable bonds is 3. The Kier molecular flexibility index (Phi) is 8.22. The summed E-state index contributed by atoms with van der Waals surface area (Å²) < 4.78 is 0. The second-order valence-corrected chi connectivity index (χ2v) is 6.12. The Hall–Kier alpha value is -4.26. The zero-order chi connectivity index (χ0) is 22.8. The van der Waals surface area contributed by atoms with E-state index in [0.717, 1.165) is 16.4 Å². The van der Waals surface area contributed by atoms with Crippen LogP contribution in [0.5, 0.6) is 0 Å². The number of para-hydroxylation sites is 2. The molecule has 4 rings (SSSR count). The number of carbonyl (C=O) groups is 2. The molecule has 2 heterocycles. The molecule has 0 aliphatic heterocycles. The Morgan fingerprint density at radius 3 is 2.10 bits per heavy atom. The minimum absolute atomic E-state index is 0.701. The predicted molar refractivity (Wildman–Crippen MR) is 112 cm³/mol. The van der Waals surface area contributed by atoms with E-state index in [9.17, 15) is 9.59 Å². The molecule has 2 unspecified atom stereocenters.